The fourth-order valence-electron chi connectivity index (χ4n) is 2.08. The molecule has 0 aliphatic rings. The van der Waals surface area contributed by atoms with Crippen LogP contribution in [0.15, 0.2) is 57.0 Å². The quantitative estimate of drug-likeness (QED) is 0.461. The maximum absolute atomic E-state index is 12.7. The van der Waals surface area contributed by atoms with Crippen LogP contribution in [0.1, 0.15) is 11.1 Å². The normalized spacial score (nSPS) is 11.5. The van der Waals surface area contributed by atoms with Gasteiger partial charge in [0, 0.05) is 11.6 Å². The molecule has 1 aromatic heterocycles. The van der Waals surface area contributed by atoms with E-state index in [1.807, 2.05) is 19.1 Å². The Balaban J connectivity index is 1.89. The highest BCUT2D eigenvalue weighted by atomic mass is 32.2. The first-order valence-electron chi connectivity index (χ1n) is 7.18. The molecule has 0 amide bonds. The number of aromatic nitrogens is 2. The van der Waals surface area contributed by atoms with E-state index in [0.717, 1.165) is 29.5 Å². The fraction of sp³-hybridized carbons (Fsp3) is 0.125. The van der Waals surface area contributed by atoms with Crippen LogP contribution in [0.5, 0.6) is 0 Å². The van der Waals surface area contributed by atoms with Gasteiger partial charge in [0.2, 0.25) is 5.89 Å². The minimum Gasteiger partial charge on any atom is -0.411 e. The second-order valence-electron chi connectivity index (χ2n) is 5.28. The van der Waals surface area contributed by atoms with Gasteiger partial charge >= 0.3 is 6.18 Å². The van der Waals surface area contributed by atoms with Crippen LogP contribution in [0.25, 0.3) is 11.5 Å². The summed E-state index contributed by atoms with van der Waals surface area (Å²) >= 11 is 0.731. The van der Waals surface area contributed by atoms with Crippen molar-refractivity contribution in [3.63, 3.8) is 0 Å². The highest BCUT2D eigenvalue weighted by Gasteiger charge is 2.33. The van der Waals surface area contributed by atoms with Crippen LogP contribution in [0.4, 0.5) is 18.9 Å². The first-order valence-corrected chi connectivity index (χ1v) is 8.00. The molecule has 0 spiro atoms. The van der Waals surface area contributed by atoms with Crippen LogP contribution in [0.2, 0.25) is 0 Å². The number of nitrogens with zero attached hydrogens (tertiary/aromatic N) is 3. The number of hydrogen-bond donors (Lipinski definition) is 0. The van der Waals surface area contributed by atoms with Gasteiger partial charge in [0.25, 0.3) is 10.9 Å². The van der Waals surface area contributed by atoms with E-state index < -0.39 is 22.4 Å². The van der Waals surface area contributed by atoms with E-state index in [2.05, 4.69) is 10.2 Å². The van der Waals surface area contributed by atoms with E-state index in [1.165, 1.54) is 0 Å². The fourth-order valence-corrected chi connectivity index (χ4v) is 2.85. The molecule has 26 heavy (non-hydrogen) atoms. The van der Waals surface area contributed by atoms with Crippen molar-refractivity contribution in [2.75, 3.05) is 0 Å². The molecule has 10 heteroatoms. The molecule has 0 bridgehead atoms. The van der Waals surface area contributed by atoms with Crippen molar-refractivity contribution in [2.24, 2.45) is 0 Å². The number of nitro groups is 1. The lowest BCUT2D eigenvalue weighted by molar-refractivity contribution is -0.388. The molecule has 0 radical (unpaired) electrons. The third-order valence-corrected chi connectivity index (χ3v) is 4.29. The van der Waals surface area contributed by atoms with E-state index in [1.54, 1.807) is 12.1 Å². The van der Waals surface area contributed by atoms with Crippen LogP contribution in [-0.4, -0.2) is 15.1 Å². The summed E-state index contributed by atoms with van der Waals surface area (Å²) in [5, 5.41) is 18.7. The van der Waals surface area contributed by atoms with Gasteiger partial charge in [-0.2, -0.15) is 13.2 Å². The zero-order valence-corrected chi connectivity index (χ0v) is 14.0. The van der Waals surface area contributed by atoms with E-state index in [0.29, 0.717) is 11.6 Å². The van der Waals surface area contributed by atoms with Crippen molar-refractivity contribution in [2.45, 2.75) is 23.2 Å². The molecule has 0 saturated carbocycles. The van der Waals surface area contributed by atoms with Crippen LogP contribution in [-0.2, 0) is 6.18 Å². The van der Waals surface area contributed by atoms with E-state index >= 15 is 0 Å². The third kappa shape index (κ3) is 3.85. The first kappa shape index (κ1) is 17.9. The van der Waals surface area contributed by atoms with E-state index in [9.17, 15) is 23.3 Å². The summed E-state index contributed by atoms with van der Waals surface area (Å²) in [5.74, 6) is 0.210. The number of hydrogen-bond acceptors (Lipinski definition) is 6. The maximum Gasteiger partial charge on any atom is 0.416 e. The van der Waals surface area contributed by atoms with Gasteiger partial charge in [0.05, 0.1) is 15.4 Å². The second kappa shape index (κ2) is 6.79. The van der Waals surface area contributed by atoms with Gasteiger partial charge in [-0.05, 0) is 43.0 Å². The van der Waals surface area contributed by atoms with Crippen molar-refractivity contribution >= 4 is 17.4 Å². The van der Waals surface area contributed by atoms with Crippen molar-refractivity contribution in [1.82, 2.24) is 10.2 Å². The van der Waals surface area contributed by atoms with Gasteiger partial charge in [0.15, 0.2) is 0 Å². The smallest absolute Gasteiger partial charge is 0.411 e. The summed E-state index contributed by atoms with van der Waals surface area (Å²) in [6, 6.07) is 9.53. The molecule has 0 aliphatic heterocycles. The Hall–Kier alpha value is -2.88. The molecule has 3 rings (SSSR count). The van der Waals surface area contributed by atoms with Crippen LogP contribution in [0.3, 0.4) is 0 Å². The van der Waals surface area contributed by atoms with Crippen LogP contribution >= 0.6 is 11.8 Å². The average molecular weight is 381 g/mol. The molecule has 0 fully saturated rings. The van der Waals surface area contributed by atoms with Gasteiger partial charge in [-0.1, -0.05) is 17.7 Å². The molecule has 134 valence electrons. The summed E-state index contributed by atoms with van der Waals surface area (Å²) in [4.78, 5) is 10.2. The number of halogens is 3. The van der Waals surface area contributed by atoms with Gasteiger partial charge in [-0.3, -0.25) is 10.1 Å². The Morgan fingerprint density at radius 3 is 2.42 bits per heavy atom. The third-order valence-electron chi connectivity index (χ3n) is 3.39. The number of nitro benzene ring substituents is 1. The Morgan fingerprint density at radius 1 is 1.12 bits per heavy atom. The Kier molecular flexibility index (Phi) is 4.68. The van der Waals surface area contributed by atoms with Crippen molar-refractivity contribution in [3.05, 3.63) is 63.7 Å². The number of alkyl halides is 3. The van der Waals surface area contributed by atoms with Crippen molar-refractivity contribution in [1.29, 1.82) is 0 Å². The summed E-state index contributed by atoms with van der Waals surface area (Å²) in [5.41, 5.74) is -0.0700. The van der Waals surface area contributed by atoms with Gasteiger partial charge in [-0.15, -0.1) is 10.2 Å². The van der Waals surface area contributed by atoms with E-state index in [-0.39, 0.29) is 16.0 Å². The number of aryl methyl sites for hydroxylation is 1. The highest BCUT2D eigenvalue weighted by molar-refractivity contribution is 7.99. The van der Waals surface area contributed by atoms with Crippen LogP contribution < -0.4 is 0 Å². The molecule has 0 N–H and O–H groups in total. The second-order valence-corrected chi connectivity index (χ2v) is 6.27. The summed E-state index contributed by atoms with van der Waals surface area (Å²) in [6.07, 6.45) is -4.67. The molecule has 0 aliphatic carbocycles. The first-order chi connectivity index (χ1) is 12.2. The minimum absolute atomic E-state index is 0.0107. The van der Waals surface area contributed by atoms with E-state index in [4.69, 9.17) is 4.42 Å². The molecule has 0 unspecified atom stereocenters. The molecule has 1 heterocycles. The lowest BCUT2D eigenvalue weighted by Gasteiger charge is -2.07. The molecular weight excluding hydrogens is 371 g/mol. The molecule has 6 nitrogen and oxygen atoms in total. The van der Waals surface area contributed by atoms with Gasteiger partial charge in [0.1, 0.15) is 0 Å². The molecule has 3 aromatic rings. The lowest BCUT2D eigenvalue weighted by atomic mass is 10.1. The van der Waals surface area contributed by atoms with Crippen molar-refractivity contribution in [3.8, 4) is 11.5 Å². The summed E-state index contributed by atoms with van der Waals surface area (Å²) in [7, 11) is 0. The number of rotatable bonds is 4. The summed E-state index contributed by atoms with van der Waals surface area (Å²) < 4.78 is 43.7. The highest BCUT2D eigenvalue weighted by Crippen LogP contribution is 2.39. The SMILES string of the molecule is Cc1ccc(-c2nnc(Sc3ccc(C(F)(F)F)cc3[N+](=O)[O-])o2)cc1. The predicted octanol–water partition coefficient (Wildman–Crippen LogP) is 5.12. The lowest BCUT2D eigenvalue weighted by Crippen LogP contribution is -2.05. The molecule has 0 saturated heterocycles. The maximum atomic E-state index is 12.7. The monoisotopic (exact) mass is 381 g/mol. The minimum atomic E-state index is -4.67. The largest absolute Gasteiger partial charge is 0.416 e. The summed E-state index contributed by atoms with van der Waals surface area (Å²) in [6.45, 7) is 1.92. The standard InChI is InChI=1S/C16H10F3N3O3S/c1-9-2-4-10(5-3-9)14-20-21-15(25-14)26-13-7-6-11(16(17,18)19)8-12(13)22(23)24/h2-8H,1H3. The Morgan fingerprint density at radius 2 is 1.81 bits per heavy atom. The zero-order valence-electron chi connectivity index (χ0n) is 13.1. The van der Waals surface area contributed by atoms with Crippen LogP contribution in [0, 0.1) is 17.0 Å². The number of benzene rings is 2. The Labute approximate surface area is 149 Å². The van der Waals surface area contributed by atoms with Gasteiger partial charge < -0.3 is 4.42 Å². The molecule has 2 aromatic carbocycles. The van der Waals surface area contributed by atoms with Gasteiger partial charge in [-0.25, -0.2) is 0 Å². The van der Waals surface area contributed by atoms with Crippen molar-refractivity contribution < 1.29 is 22.5 Å². The topological polar surface area (TPSA) is 82.1 Å². The predicted molar refractivity (Wildman–Crippen MR) is 86.7 cm³/mol. The Bertz CT molecular complexity index is 955. The average Bonchev–Trinajstić information content (AvgIpc) is 3.03. The molecular formula is C16H10F3N3O3S. The molecule has 0 atom stereocenters. The zero-order chi connectivity index (χ0) is 18.9.